The van der Waals surface area contributed by atoms with Crippen molar-refractivity contribution in [3.8, 4) is 5.75 Å². The van der Waals surface area contributed by atoms with Crippen LogP contribution in [0.2, 0.25) is 0 Å². The summed E-state index contributed by atoms with van der Waals surface area (Å²) in [6.45, 7) is 2.54. The number of carbonyl (C=O) groups excluding carboxylic acids is 2. The van der Waals surface area contributed by atoms with Gasteiger partial charge >= 0.3 is 0 Å². The van der Waals surface area contributed by atoms with Gasteiger partial charge in [-0.05, 0) is 55.2 Å². The van der Waals surface area contributed by atoms with E-state index < -0.39 is 5.91 Å². The molecule has 1 aliphatic rings. The molecule has 2 aromatic carbocycles. The molecule has 1 heterocycles. The van der Waals surface area contributed by atoms with E-state index in [0.29, 0.717) is 17.9 Å². The third kappa shape index (κ3) is 5.25. The average Bonchev–Trinajstić information content (AvgIpc) is 2.73. The number of amides is 2. The van der Waals surface area contributed by atoms with Gasteiger partial charge in [0.1, 0.15) is 5.75 Å². The van der Waals surface area contributed by atoms with E-state index in [-0.39, 0.29) is 12.5 Å². The molecule has 6 heteroatoms. The van der Waals surface area contributed by atoms with Crippen LogP contribution in [0.3, 0.4) is 0 Å². The van der Waals surface area contributed by atoms with Crippen molar-refractivity contribution in [1.29, 1.82) is 0 Å². The van der Waals surface area contributed by atoms with Gasteiger partial charge in [0, 0.05) is 37.9 Å². The van der Waals surface area contributed by atoms with Gasteiger partial charge in [-0.1, -0.05) is 18.2 Å². The highest BCUT2D eigenvalue weighted by Crippen LogP contribution is 2.21. The first-order valence-electron chi connectivity index (χ1n) is 9.63. The first kappa shape index (κ1) is 19.7. The van der Waals surface area contributed by atoms with E-state index in [2.05, 4.69) is 29.2 Å². The number of nitrogens with zero attached hydrogens (tertiary/aromatic N) is 2. The van der Waals surface area contributed by atoms with Crippen LogP contribution in [0.4, 0.5) is 5.69 Å². The summed E-state index contributed by atoms with van der Waals surface area (Å²) in [5, 5.41) is 0. The summed E-state index contributed by atoms with van der Waals surface area (Å²) in [7, 11) is 1.78. The fourth-order valence-corrected chi connectivity index (χ4v) is 3.40. The normalized spacial score (nSPS) is 13.8. The Hall–Kier alpha value is -3.02. The number of piperidine rings is 1. The number of benzene rings is 2. The SMILES string of the molecule is CN(Cc1ccc(N2CCCCC2)cc1)C(=O)c1cccc(OCC(N)=O)c1. The van der Waals surface area contributed by atoms with Gasteiger partial charge in [0.05, 0.1) is 0 Å². The number of hydrogen-bond donors (Lipinski definition) is 1. The van der Waals surface area contributed by atoms with Crippen LogP contribution in [-0.4, -0.2) is 43.5 Å². The Morgan fingerprint density at radius 2 is 1.79 bits per heavy atom. The number of primary amides is 1. The molecule has 3 rings (SSSR count). The van der Waals surface area contributed by atoms with E-state index in [0.717, 1.165) is 18.7 Å². The van der Waals surface area contributed by atoms with Crippen LogP contribution in [0.5, 0.6) is 5.75 Å². The molecular formula is C22H27N3O3. The van der Waals surface area contributed by atoms with E-state index in [1.165, 1.54) is 24.9 Å². The maximum atomic E-state index is 12.7. The van der Waals surface area contributed by atoms with Crippen molar-refractivity contribution in [2.75, 3.05) is 31.6 Å². The molecule has 0 unspecified atom stereocenters. The summed E-state index contributed by atoms with van der Waals surface area (Å²) in [6.07, 6.45) is 3.82. The number of rotatable bonds is 7. The molecule has 2 N–H and O–H groups in total. The van der Waals surface area contributed by atoms with Gasteiger partial charge in [-0.15, -0.1) is 0 Å². The van der Waals surface area contributed by atoms with Crippen molar-refractivity contribution < 1.29 is 14.3 Å². The number of anilines is 1. The second kappa shape index (κ2) is 9.26. The number of carbonyl (C=O) groups is 2. The van der Waals surface area contributed by atoms with Crippen molar-refractivity contribution in [3.05, 3.63) is 59.7 Å². The molecule has 0 aliphatic carbocycles. The summed E-state index contributed by atoms with van der Waals surface area (Å²) in [4.78, 5) is 27.7. The zero-order valence-corrected chi connectivity index (χ0v) is 16.3. The topological polar surface area (TPSA) is 75.9 Å². The Bertz CT molecular complexity index is 814. The maximum Gasteiger partial charge on any atom is 0.255 e. The van der Waals surface area contributed by atoms with Crippen molar-refractivity contribution in [1.82, 2.24) is 4.90 Å². The lowest BCUT2D eigenvalue weighted by molar-refractivity contribution is -0.119. The first-order valence-corrected chi connectivity index (χ1v) is 9.63. The highest BCUT2D eigenvalue weighted by Gasteiger charge is 2.14. The van der Waals surface area contributed by atoms with E-state index in [4.69, 9.17) is 10.5 Å². The second-order valence-electron chi connectivity index (χ2n) is 7.16. The minimum absolute atomic E-state index is 0.107. The molecule has 0 saturated carbocycles. The number of nitrogens with two attached hydrogens (primary N) is 1. The molecule has 1 fully saturated rings. The molecule has 0 aromatic heterocycles. The zero-order valence-electron chi connectivity index (χ0n) is 16.3. The lowest BCUT2D eigenvalue weighted by Gasteiger charge is -2.29. The van der Waals surface area contributed by atoms with E-state index in [1.54, 1.807) is 36.2 Å². The number of hydrogen-bond acceptors (Lipinski definition) is 4. The van der Waals surface area contributed by atoms with Crippen LogP contribution >= 0.6 is 0 Å². The molecule has 0 bridgehead atoms. The molecular weight excluding hydrogens is 354 g/mol. The van der Waals surface area contributed by atoms with Gasteiger partial charge < -0.3 is 20.3 Å². The maximum absolute atomic E-state index is 12.7. The fraction of sp³-hybridized carbons (Fsp3) is 0.364. The molecule has 0 atom stereocenters. The van der Waals surface area contributed by atoms with Gasteiger partial charge in [0.25, 0.3) is 11.8 Å². The Balaban J connectivity index is 1.60. The highest BCUT2D eigenvalue weighted by molar-refractivity contribution is 5.94. The largest absolute Gasteiger partial charge is 0.484 e. The van der Waals surface area contributed by atoms with Crippen LogP contribution < -0.4 is 15.4 Å². The summed E-state index contributed by atoms with van der Waals surface area (Å²) < 4.78 is 5.28. The summed E-state index contributed by atoms with van der Waals surface area (Å²) >= 11 is 0. The summed E-state index contributed by atoms with van der Waals surface area (Å²) in [6, 6.07) is 15.2. The van der Waals surface area contributed by atoms with Crippen LogP contribution in [0, 0.1) is 0 Å². The molecule has 148 valence electrons. The van der Waals surface area contributed by atoms with Gasteiger partial charge in [-0.3, -0.25) is 9.59 Å². The van der Waals surface area contributed by atoms with Crippen LogP contribution in [0.25, 0.3) is 0 Å². The Morgan fingerprint density at radius 1 is 1.07 bits per heavy atom. The second-order valence-corrected chi connectivity index (χ2v) is 7.16. The molecule has 1 aliphatic heterocycles. The lowest BCUT2D eigenvalue weighted by Crippen LogP contribution is -2.29. The zero-order chi connectivity index (χ0) is 19.9. The Labute approximate surface area is 165 Å². The van der Waals surface area contributed by atoms with Gasteiger partial charge in [0.15, 0.2) is 6.61 Å². The summed E-state index contributed by atoms with van der Waals surface area (Å²) in [5.74, 6) is -0.213. The van der Waals surface area contributed by atoms with Gasteiger partial charge in [-0.2, -0.15) is 0 Å². The van der Waals surface area contributed by atoms with Crippen molar-refractivity contribution >= 4 is 17.5 Å². The smallest absolute Gasteiger partial charge is 0.255 e. The van der Waals surface area contributed by atoms with E-state index in [9.17, 15) is 9.59 Å². The van der Waals surface area contributed by atoms with Crippen LogP contribution in [-0.2, 0) is 11.3 Å². The predicted octanol–water partition coefficient (Wildman–Crippen LogP) is 2.81. The monoisotopic (exact) mass is 381 g/mol. The van der Waals surface area contributed by atoms with Crippen LogP contribution in [0.15, 0.2) is 48.5 Å². The van der Waals surface area contributed by atoms with E-state index >= 15 is 0 Å². The van der Waals surface area contributed by atoms with Crippen molar-refractivity contribution in [2.24, 2.45) is 5.73 Å². The van der Waals surface area contributed by atoms with Gasteiger partial charge in [0.2, 0.25) is 0 Å². The van der Waals surface area contributed by atoms with Crippen molar-refractivity contribution in [3.63, 3.8) is 0 Å². The Morgan fingerprint density at radius 3 is 2.46 bits per heavy atom. The minimum Gasteiger partial charge on any atom is -0.484 e. The lowest BCUT2D eigenvalue weighted by atomic mass is 10.1. The Kier molecular flexibility index (Phi) is 6.53. The first-order chi connectivity index (χ1) is 13.5. The van der Waals surface area contributed by atoms with Gasteiger partial charge in [-0.25, -0.2) is 0 Å². The fourth-order valence-electron chi connectivity index (χ4n) is 3.40. The standard InChI is InChI=1S/C22H27N3O3/c1-24(22(27)18-6-5-7-20(14-18)28-16-21(23)26)15-17-8-10-19(11-9-17)25-12-3-2-4-13-25/h5-11,14H,2-4,12-13,15-16H2,1H3,(H2,23,26). The third-order valence-corrected chi connectivity index (χ3v) is 4.89. The molecule has 1 saturated heterocycles. The van der Waals surface area contributed by atoms with Crippen molar-refractivity contribution in [2.45, 2.75) is 25.8 Å². The average molecular weight is 381 g/mol. The quantitative estimate of drug-likeness (QED) is 0.800. The molecule has 0 radical (unpaired) electrons. The molecule has 2 amide bonds. The van der Waals surface area contributed by atoms with Crippen LogP contribution in [0.1, 0.15) is 35.2 Å². The highest BCUT2D eigenvalue weighted by atomic mass is 16.5. The minimum atomic E-state index is -0.554. The number of ether oxygens (including phenoxy) is 1. The molecule has 28 heavy (non-hydrogen) atoms. The molecule has 6 nitrogen and oxygen atoms in total. The molecule has 2 aromatic rings. The summed E-state index contributed by atoms with van der Waals surface area (Å²) in [5.41, 5.74) is 7.93. The molecule has 0 spiro atoms. The third-order valence-electron chi connectivity index (χ3n) is 4.89. The van der Waals surface area contributed by atoms with E-state index in [1.807, 2.05) is 0 Å². The predicted molar refractivity (Wildman–Crippen MR) is 109 cm³/mol.